The summed E-state index contributed by atoms with van der Waals surface area (Å²) in [7, 11) is 3.42. The van der Waals surface area contributed by atoms with Crippen LogP contribution in [0.15, 0.2) is 53.7 Å². The van der Waals surface area contributed by atoms with Crippen molar-refractivity contribution in [2.75, 3.05) is 12.4 Å². The highest BCUT2D eigenvalue weighted by molar-refractivity contribution is 8.00. The van der Waals surface area contributed by atoms with Crippen LogP contribution in [0, 0.1) is 5.82 Å². The molecule has 0 aliphatic rings. The Bertz CT molecular complexity index is 1030. The Hall–Kier alpha value is -3.07. The molecule has 0 aliphatic carbocycles. The maximum Gasteiger partial charge on any atom is 0.237 e. The van der Waals surface area contributed by atoms with Crippen molar-refractivity contribution in [3.05, 3.63) is 60.2 Å². The van der Waals surface area contributed by atoms with Gasteiger partial charge in [-0.05, 0) is 44.2 Å². The van der Waals surface area contributed by atoms with E-state index < -0.39 is 11.1 Å². The molecule has 0 saturated carbocycles. The second-order valence-electron chi connectivity index (χ2n) is 6.60. The van der Waals surface area contributed by atoms with E-state index >= 15 is 0 Å². The average molecular weight is 431 g/mol. The molecule has 0 radical (unpaired) electrons. The van der Waals surface area contributed by atoms with Crippen molar-refractivity contribution >= 4 is 23.4 Å². The number of nitrogens with zero attached hydrogens (tertiary/aromatic N) is 3. The first-order valence-corrected chi connectivity index (χ1v) is 10.2. The third-order valence-electron chi connectivity index (χ3n) is 4.33. The molecule has 0 aliphatic heterocycles. The van der Waals surface area contributed by atoms with Crippen molar-refractivity contribution in [3.63, 3.8) is 0 Å². The van der Waals surface area contributed by atoms with Crippen LogP contribution in [0.4, 0.5) is 10.1 Å². The quantitative estimate of drug-likeness (QED) is 0.539. The van der Waals surface area contributed by atoms with Gasteiger partial charge in [0.15, 0.2) is 17.1 Å². The molecule has 3 rings (SSSR count). The smallest absolute Gasteiger partial charge is 0.237 e. The number of amides is 1. The number of ether oxygens (including phenoxy) is 2. The fraction of sp³-hybridized carbons (Fsp3) is 0.286. The average Bonchev–Trinajstić information content (AvgIpc) is 3.08. The van der Waals surface area contributed by atoms with E-state index in [0.29, 0.717) is 28.2 Å². The van der Waals surface area contributed by atoms with E-state index in [1.807, 2.05) is 32.2 Å². The second-order valence-corrected chi connectivity index (χ2v) is 7.91. The number of methoxy groups -OCH3 is 1. The molecule has 1 heterocycles. The summed E-state index contributed by atoms with van der Waals surface area (Å²) in [6.07, 6.45) is -0.361. The van der Waals surface area contributed by atoms with Crippen LogP contribution in [-0.4, -0.2) is 33.0 Å². The van der Waals surface area contributed by atoms with E-state index in [1.54, 1.807) is 36.8 Å². The van der Waals surface area contributed by atoms with Crippen molar-refractivity contribution in [1.82, 2.24) is 14.8 Å². The molecular formula is C21H23FN4O3S. The zero-order valence-electron chi connectivity index (χ0n) is 17.1. The number of hydrogen-bond acceptors (Lipinski definition) is 6. The van der Waals surface area contributed by atoms with E-state index in [4.69, 9.17) is 9.47 Å². The largest absolute Gasteiger partial charge is 0.497 e. The number of hydrogen-bond donors (Lipinski definition) is 1. The fourth-order valence-electron chi connectivity index (χ4n) is 2.74. The first-order valence-electron chi connectivity index (χ1n) is 9.30. The minimum Gasteiger partial charge on any atom is -0.497 e. The van der Waals surface area contributed by atoms with Crippen LogP contribution in [0.1, 0.15) is 25.8 Å². The first-order chi connectivity index (χ1) is 14.4. The molecule has 1 amide bonds. The van der Waals surface area contributed by atoms with Gasteiger partial charge in [0, 0.05) is 18.8 Å². The lowest BCUT2D eigenvalue weighted by atomic mass is 10.3. The van der Waals surface area contributed by atoms with Gasteiger partial charge in [-0.1, -0.05) is 23.9 Å². The lowest BCUT2D eigenvalue weighted by Crippen LogP contribution is -2.23. The summed E-state index contributed by atoms with van der Waals surface area (Å²) in [4.78, 5) is 12.4. The first kappa shape index (κ1) is 21.6. The monoisotopic (exact) mass is 430 g/mol. The number of aromatic nitrogens is 3. The molecule has 9 heteroatoms. The van der Waals surface area contributed by atoms with Gasteiger partial charge in [-0.15, -0.1) is 10.2 Å². The third kappa shape index (κ3) is 5.29. The number of benzene rings is 2. The molecular weight excluding hydrogens is 407 g/mol. The number of rotatable bonds is 8. The molecule has 1 aromatic heterocycles. The van der Waals surface area contributed by atoms with Crippen LogP contribution in [0.25, 0.3) is 0 Å². The molecule has 2 unspecified atom stereocenters. The third-order valence-corrected chi connectivity index (χ3v) is 5.46. The van der Waals surface area contributed by atoms with Crippen LogP contribution in [0.3, 0.4) is 0 Å². The predicted molar refractivity (Wildman–Crippen MR) is 113 cm³/mol. The van der Waals surface area contributed by atoms with E-state index in [-0.39, 0.29) is 12.0 Å². The fourth-order valence-corrected chi connectivity index (χ4v) is 3.56. The van der Waals surface area contributed by atoms with Gasteiger partial charge in [0.25, 0.3) is 0 Å². The van der Waals surface area contributed by atoms with Gasteiger partial charge in [0.1, 0.15) is 17.3 Å². The van der Waals surface area contributed by atoms with E-state index in [9.17, 15) is 9.18 Å². The van der Waals surface area contributed by atoms with Crippen LogP contribution >= 0.6 is 11.8 Å². The van der Waals surface area contributed by atoms with Crippen LogP contribution in [0.2, 0.25) is 0 Å². The van der Waals surface area contributed by atoms with E-state index in [2.05, 4.69) is 15.5 Å². The highest BCUT2D eigenvalue weighted by Crippen LogP contribution is 2.28. The summed E-state index contributed by atoms with van der Waals surface area (Å²) >= 11 is 1.26. The highest BCUT2D eigenvalue weighted by Gasteiger charge is 2.22. The zero-order valence-corrected chi connectivity index (χ0v) is 17.9. The van der Waals surface area contributed by atoms with E-state index in [1.165, 1.54) is 23.9 Å². The summed E-state index contributed by atoms with van der Waals surface area (Å²) in [6, 6.07) is 13.1. The Kier molecular flexibility index (Phi) is 6.94. The molecule has 7 nitrogen and oxygen atoms in total. The minimum absolute atomic E-state index is 0.254. The number of carbonyl (C=O) groups is 1. The number of thioether (sulfide) groups is 1. The molecule has 3 aromatic rings. The van der Waals surface area contributed by atoms with Crippen molar-refractivity contribution < 1.29 is 18.7 Å². The van der Waals surface area contributed by atoms with Crippen molar-refractivity contribution in [2.45, 2.75) is 30.4 Å². The van der Waals surface area contributed by atoms with Crippen LogP contribution in [-0.2, 0) is 11.8 Å². The summed E-state index contributed by atoms with van der Waals surface area (Å²) < 4.78 is 26.3. The molecule has 0 bridgehead atoms. The Morgan fingerprint density at radius 3 is 2.60 bits per heavy atom. The molecule has 0 saturated heterocycles. The number of halogens is 1. The zero-order chi connectivity index (χ0) is 21.7. The lowest BCUT2D eigenvalue weighted by molar-refractivity contribution is -0.115. The Morgan fingerprint density at radius 2 is 1.87 bits per heavy atom. The molecule has 158 valence electrons. The van der Waals surface area contributed by atoms with Gasteiger partial charge in [0.2, 0.25) is 5.91 Å². The van der Waals surface area contributed by atoms with Crippen molar-refractivity contribution in [2.24, 2.45) is 7.05 Å². The molecule has 30 heavy (non-hydrogen) atoms. The van der Waals surface area contributed by atoms with Crippen molar-refractivity contribution in [1.29, 1.82) is 0 Å². The van der Waals surface area contributed by atoms with Gasteiger partial charge in [-0.2, -0.15) is 0 Å². The standard InChI is InChI=1S/C21H23FN4O3S/c1-13(29-18-10-6-9-17(12-18)28-4)19-24-25-21(26(19)3)30-14(2)20(27)23-16-8-5-7-15(22)11-16/h5-14H,1-4H3,(H,23,27). The SMILES string of the molecule is COc1cccc(OC(C)c2nnc(SC(C)C(=O)Nc3cccc(F)c3)n2C)c1. The predicted octanol–water partition coefficient (Wildman–Crippen LogP) is 4.22. The van der Waals surface area contributed by atoms with Crippen LogP contribution in [0.5, 0.6) is 11.5 Å². The van der Waals surface area contributed by atoms with Gasteiger partial charge < -0.3 is 19.4 Å². The van der Waals surface area contributed by atoms with Gasteiger partial charge in [-0.25, -0.2) is 4.39 Å². The lowest BCUT2D eigenvalue weighted by Gasteiger charge is -2.15. The molecule has 2 aromatic carbocycles. The minimum atomic E-state index is -0.460. The summed E-state index contributed by atoms with van der Waals surface area (Å²) in [6.45, 7) is 3.63. The highest BCUT2D eigenvalue weighted by atomic mass is 32.2. The number of carbonyl (C=O) groups excluding carboxylic acids is 1. The summed E-state index contributed by atoms with van der Waals surface area (Å²) in [5, 5.41) is 11.2. The Labute approximate surface area is 178 Å². The number of nitrogens with one attached hydrogen (secondary N) is 1. The molecule has 0 spiro atoms. The summed E-state index contributed by atoms with van der Waals surface area (Å²) in [5.41, 5.74) is 0.409. The Balaban J connectivity index is 1.64. The maximum absolute atomic E-state index is 13.3. The molecule has 1 N–H and O–H groups in total. The van der Waals surface area contributed by atoms with Crippen molar-refractivity contribution in [3.8, 4) is 11.5 Å². The normalized spacial score (nSPS) is 12.8. The molecule has 2 atom stereocenters. The van der Waals surface area contributed by atoms with E-state index in [0.717, 1.165) is 0 Å². The van der Waals surface area contributed by atoms with Crippen LogP contribution < -0.4 is 14.8 Å². The van der Waals surface area contributed by atoms with Gasteiger partial charge in [0.05, 0.1) is 12.4 Å². The number of anilines is 1. The Morgan fingerprint density at radius 1 is 1.13 bits per heavy atom. The molecule has 0 fully saturated rings. The van der Waals surface area contributed by atoms with Gasteiger partial charge in [-0.3, -0.25) is 4.79 Å². The maximum atomic E-state index is 13.3. The second kappa shape index (κ2) is 9.62. The topological polar surface area (TPSA) is 78.3 Å². The summed E-state index contributed by atoms with van der Waals surface area (Å²) in [5.74, 6) is 1.32. The van der Waals surface area contributed by atoms with Gasteiger partial charge >= 0.3 is 0 Å².